The summed E-state index contributed by atoms with van der Waals surface area (Å²) in [6, 6.07) is 3.02. The van der Waals surface area contributed by atoms with E-state index < -0.39 is 0 Å². The van der Waals surface area contributed by atoms with E-state index in [1.54, 1.807) is 0 Å². The lowest BCUT2D eigenvalue weighted by Gasteiger charge is -2.22. The van der Waals surface area contributed by atoms with Gasteiger partial charge in [0.2, 0.25) is 0 Å². The Hall–Kier alpha value is -0.800. The molecule has 1 saturated heterocycles. The van der Waals surface area contributed by atoms with Crippen LogP contribution in [0.15, 0.2) is 10.5 Å². The number of likely N-dealkylation sites (tertiary alicyclic amines) is 1. The van der Waals surface area contributed by atoms with Crippen LogP contribution in [0.25, 0.3) is 0 Å². The van der Waals surface area contributed by atoms with Gasteiger partial charge in [0.15, 0.2) is 0 Å². The van der Waals surface area contributed by atoms with Crippen LogP contribution in [0, 0.1) is 12.3 Å². The minimum absolute atomic E-state index is 0.507. The summed E-state index contributed by atoms with van der Waals surface area (Å²) in [7, 11) is 0. The lowest BCUT2D eigenvalue weighted by Crippen LogP contribution is -2.24. The molecule has 1 saturated carbocycles. The fourth-order valence-electron chi connectivity index (χ4n) is 3.24. The van der Waals surface area contributed by atoms with Crippen molar-refractivity contribution < 1.29 is 4.42 Å². The van der Waals surface area contributed by atoms with Gasteiger partial charge in [-0.05, 0) is 63.6 Å². The van der Waals surface area contributed by atoms with Gasteiger partial charge in [-0.25, -0.2) is 0 Å². The standard InChI is InChI=1S/C18H30N2O/c1-14-15(12-19-16-5-6-16)11-17(21-14)13-20-9-4-7-18(2,3)8-10-20/h11,16,19H,4-10,12-13H2,1-3H3. The number of rotatable bonds is 5. The summed E-state index contributed by atoms with van der Waals surface area (Å²) in [6.07, 6.45) is 6.63. The van der Waals surface area contributed by atoms with Gasteiger partial charge in [0, 0.05) is 18.2 Å². The van der Waals surface area contributed by atoms with E-state index in [-0.39, 0.29) is 0 Å². The van der Waals surface area contributed by atoms with Gasteiger partial charge >= 0.3 is 0 Å². The summed E-state index contributed by atoms with van der Waals surface area (Å²) < 4.78 is 5.98. The van der Waals surface area contributed by atoms with E-state index >= 15 is 0 Å². The highest BCUT2D eigenvalue weighted by Crippen LogP contribution is 2.30. The summed E-state index contributed by atoms with van der Waals surface area (Å²) in [5.74, 6) is 2.23. The third kappa shape index (κ3) is 4.33. The topological polar surface area (TPSA) is 28.4 Å². The van der Waals surface area contributed by atoms with Crippen molar-refractivity contribution in [3.05, 3.63) is 23.2 Å². The van der Waals surface area contributed by atoms with Crippen LogP contribution in [0.5, 0.6) is 0 Å². The maximum absolute atomic E-state index is 5.98. The van der Waals surface area contributed by atoms with Crippen LogP contribution >= 0.6 is 0 Å². The van der Waals surface area contributed by atoms with E-state index in [9.17, 15) is 0 Å². The smallest absolute Gasteiger partial charge is 0.118 e. The molecule has 1 aliphatic heterocycles. The molecule has 0 amide bonds. The van der Waals surface area contributed by atoms with Gasteiger partial charge < -0.3 is 9.73 Å². The second-order valence-electron chi connectivity index (χ2n) is 7.74. The lowest BCUT2D eigenvalue weighted by atomic mass is 9.85. The van der Waals surface area contributed by atoms with Gasteiger partial charge in [-0.1, -0.05) is 13.8 Å². The molecule has 118 valence electrons. The molecular formula is C18H30N2O. The van der Waals surface area contributed by atoms with E-state index in [0.29, 0.717) is 5.41 Å². The van der Waals surface area contributed by atoms with E-state index in [4.69, 9.17) is 4.42 Å². The summed E-state index contributed by atoms with van der Waals surface area (Å²) in [4.78, 5) is 2.56. The highest BCUT2D eigenvalue weighted by molar-refractivity contribution is 5.21. The number of nitrogens with zero attached hydrogens (tertiary/aromatic N) is 1. The van der Waals surface area contributed by atoms with Crippen molar-refractivity contribution >= 4 is 0 Å². The van der Waals surface area contributed by atoms with Crippen LogP contribution in [-0.2, 0) is 13.1 Å². The van der Waals surface area contributed by atoms with Crippen LogP contribution in [0.3, 0.4) is 0 Å². The summed E-state index contributed by atoms with van der Waals surface area (Å²) >= 11 is 0. The van der Waals surface area contributed by atoms with E-state index in [0.717, 1.165) is 30.7 Å². The molecule has 1 N–H and O–H groups in total. The Balaban J connectivity index is 1.55. The van der Waals surface area contributed by atoms with Crippen molar-refractivity contribution in [1.82, 2.24) is 10.2 Å². The molecule has 0 aromatic carbocycles. The minimum Gasteiger partial charge on any atom is -0.465 e. The first-order chi connectivity index (χ1) is 10.0. The quantitative estimate of drug-likeness (QED) is 0.893. The van der Waals surface area contributed by atoms with Gasteiger partial charge in [-0.3, -0.25) is 4.90 Å². The van der Waals surface area contributed by atoms with Crippen molar-refractivity contribution in [2.45, 2.75) is 72.0 Å². The summed E-state index contributed by atoms with van der Waals surface area (Å²) in [6.45, 7) is 11.2. The first-order valence-electron chi connectivity index (χ1n) is 8.56. The fraction of sp³-hybridized carbons (Fsp3) is 0.778. The van der Waals surface area contributed by atoms with Crippen LogP contribution < -0.4 is 5.32 Å². The first-order valence-corrected chi connectivity index (χ1v) is 8.56. The predicted octanol–water partition coefficient (Wildman–Crippen LogP) is 3.85. The summed E-state index contributed by atoms with van der Waals surface area (Å²) in [5, 5.41) is 3.58. The molecule has 0 atom stereocenters. The molecule has 1 aliphatic carbocycles. The van der Waals surface area contributed by atoms with E-state index in [1.165, 1.54) is 50.8 Å². The molecule has 2 fully saturated rings. The van der Waals surface area contributed by atoms with E-state index in [2.05, 4.69) is 37.1 Å². The van der Waals surface area contributed by atoms with Crippen molar-refractivity contribution in [3.63, 3.8) is 0 Å². The normalized spacial score (nSPS) is 23.2. The zero-order chi connectivity index (χ0) is 14.9. The van der Waals surface area contributed by atoms with Gasteiger partial charge in [0.1, 0.15) is 11.5 Å². The molecule has 2 heterocycles. The highest BCUT2D eigenvalue weighted by atomic mass is 16.3. The molecule has 3 heteroatoms. The molecule has 1 aromatic rings. The lowest BCUT2D eigenvalue weighted by molar-refractivity contribution is 0.237. The predicted molar refractivity (Wildman–Crippen MR) is 86.2 cm³/mol. The summed E-state index contributed by atoms with van der Waals surface area (Å²) in [5.41, 5.74) is 1.85. The molecule has 1 aromatic heterocycles. The molecule has 2 aliphatic rings. The highest BCUT2D eigenvalue weighted by Gasteiger charge is 2.24. The van der Waals surface area contributed by atoms with Crippen molar-refractivity contribution in [2.24, 2.45) is 5.41 Å². The van der Waals surface area contributed by atoms with Gasteiger partial charge in [0.25, 0.3) is 0 Å². The van der Waals surface area contributed by atoms with Crippen molar-refractivity contribution in [1.29, 1.82) is 0 Å². The van der Waals surface area contributed by atoms with Crippen molar-refractivity contribution in [3.8, 4) is 0 Å². The van der Waals surface area contributed by atoms with Crippen LogP contribution in [0.2, 0.25) is 0 Å². The average molecular weight is 290 g/mol. The zero-order valence-corrected chi connectivity index (χ0v) is 13.9. The van der Waals surface area contributed by atoms with Gasteiger partial charge in [0.05, 0.1) is 6.54 Å². The number of nitrogens with one attached hydrogen (secondary N) is 1. The third-order valence-electron chi connectivity index (χ3n) is 5.04. The Kier molecular flexibility index (Phi) is 4.41. The second kappa shape index (κ2) is 6.13. The van der Waals surface area contributed by atoms with Crippen LogP contribution in [0.4, 0.5) is 0 Å². The molecular weight excluding hydrogens is 260 g/mol. The second-order valence-corrected chi connectivity index (χ2v) is 7.74. The Morgan fingerprint density at radius 3 is 2.86 bits per heavy atom. The first kappa shape index (κ1) is 15.1. The maximum Gasteiger partial charge on any atom is 0.118 e. The van der Waals surface area contributed by atoms with Crippen LogP contribution in [0.1, 0.15) is 63.0 Å². The number of hydrogen-bond acceptors (Lipinski definition) is 3. The molecule has 21 heavy (non-hydrogen) atoms. The van der Waals surface area contributed by atoms with Gasteiger partial charge in [-0.2, -0.15) is 0 Å². The van der Waals surface area contributed by atoms with Crippen LogP contribution in [-0.4, -0.2) is 24.0 Å². The number of furan rings is 1. The Morgan fingerprint density at radius 2 is 2.10 bits per heavy atom. The molecule has 3 rings (SSSR count). The number of hydrogen-bond donors (Lipinski definition) is 1. The molecule has 3 nitrogen and oxygen atoms in total. The van der Waals surface area contributed by atoms with E-state index in [1.807, 2.05) is 0 Å². The monoisotopic (exact) mass is 290 g/mol. The molecule has 0 bridgehead atoms. The SMILES string of the molecule is Cc1oc(CN2CCCC(C)(C)CC2)cc1CNC1CC1. The fourth-order valence-corrected chi connectivity index (χ4v) is 3.24. The Bertz CT molecular complexity index is 474. The van der Waals surface area contributed by atoms with Crippen molar-refractivity contribution in [2.75, 3.05) is 13.1 Å². The minimum atomic E-state index is 0.507. The zero-order valence-electron chi connectivity index (χ0n) is 13.9. The Labute approximate surface area is 129 Å². The third-order valence-corrected chi connectivity index (χ3v) is 5.04. The maximum atomic E-state index is 5.98. The molecule has 0 radical (unpaired) electrons. The van der Waals surface area contributed by atoms with Gasteiger partial charge in [-0.15, -0.1) is 0 Å². The average Bonchev–Trinajstić information content (AvgIpc) is 3.19. The molecule has 0 unspecified atom stereocenters. The largest absolute Gasteiger partial charge is 0.465 e. The molecule has 0 spiro atoms. The number of aryl methyl sites for hydroxylation is 1. The Morgan fingerprint density at radius 1 is 1.29 bits per heavy atom.